The van der Waals surface area contributed by atoms with Crippen molar-refractivity contribution in [3.8, 4) is 0 Å². The Bertz CT molecular complexity index is 736. The summed E-state index contributed by atoms with van der Waals surface area (Å²) in [5.74, 6) is -0.0769. The van der Waals surface area contributed by atoms with Crippen LogP contribution in [0.5, 0.6) is 0 Å². The molecule has 1 aromatic carbocycles. The van der Waals surface area contributed by atoms with E-state index >= 15 is 0 Å². The number of nitrogens with zero attached hydrogens (tertiary/aromatic N) is 2. The fraction of sp³-hybridized carbons (Fsp3) is 0.444. The summed E-state index contributed by atoms with van der Waals surface area (Å²) in [5.41, 5.74) is 3.93. The van der Waals surface area contributed by atoms with Crippen LogP contribution >= 0.6 is 11.3 Å². The summed E-state index contributed by atoms with van der Waals surface area (Å²) in [6.45, 7) is 10.1. The minimum atomic E-state index is -0.0769. The molecule has 0 saturated carbocycles. The van der Waals surface area contributed by atoms with Gasteiger partial charge >= 0.3 is 0 Å². The van der Waals surface area contributed by atoms with Crippen molar-refractivity contribution in [1.82, 2.24) is 9.88 Å². The van der Waals surface area contributed by atoms with Crippen LogP contribution in [0.2, 0.25) is 0 Å². The molecule has 1 fully saturated rings. The van der Waals surface area contributed by atoms with Crippen molar-refractivity contribution in [2.45, 2.75) is 27.3 Å². The van der Waals surface area contributed by atoms with Crippen molar-refractivity contribution >= 4 is 22.9 Å². The first kappa shape index (κ1) is 17.1. The number of benzene rings is 1. The van der Waals surface area contributed by atoms with Crippen molar-refractivity contribution < 1.29 is 9.53 Å². The van der Waals surface area contributed by atoms with Crippen LogP contribution in [-0.4, -0.2) is 42.1 Å². The maximum atomic E-state index is 12.6. The zero-order chi connectivity index (χ0) is 17.1. The van der Waals surface area contributed by atoms with E-state index in [1.807, 2.05) is 39.0 Å². The number of nitrogens with one attached hydrogen (secondary N) is 1. The topological polar surface area (TPSA) is 54.5 Å². The number of aromatic nitrogens is 1. The van der Waals surface area contributed by atoms with E-state index < -0.39 is 0 Å². The van der Waals surface area contributed by atoms with Crippen LogP contribution in [0.1, 0.15) is 31.5 Å². The van der Waals surface area contributed by atoms with Gasteiger partial charge in [0.1, 0.15) is 9.88 Å². The number of hydrogen-bond acceptors (Lipinski definition) is 5. The number of ether oxygens (including phenoxy) is 1. The lowest BCUT2D eigenvalue weighted by Crippen LogP contribution is -2.35. The summed E-state index contributed by atoms with van der Waals surface area (Å²) >= 11 is 1.48. The third-order valence-electron chi connectivity index (χ3n) is 4.36. The maximum Gasteiger partial charge on any atom is 0.267 e. The number of carbonyl (C=O) groups is 1. The minimum Gasteiger partial charge on any atom is -0.379 e. The van der Waals surface area contributed by atoms with Gasteiger partial charge in [-0.3, -0.25) is 9.69 Å². The van der Waals surface area contributed by atoms with Crippen LogP contribution in [0.15, 0.2) is 18.2 Å². The van der Waals surface area contributed by atoms with Gasteiger partial charge in [0.05, 0.1) is 25.5 Å². The number of anilines is 1. The van der Waals surface area contributed by atoms with Gasteiger partial charge in [-0.15, -0.1) is 11.3 Å². The molecule has 0 atom stereocenters. The molecule has 0 bridgehead atoms. The van der Waals surface area contributed by atoms with E-state index in [0.717, 1.165) is 54.8 Å². The Hall–Kier alpha value is -1.76. The Morgan fingerprint density at radius 1 is 1.29 bits per heavy atom. The van der Waals surface area contributed by atoms with Crippen LogP contribution in [0.3, 0.4) is 0 Å². The second-order valence-electron chi connectivity index (χ2n) is 6.11. The quantitative estimate of drug-likeness (QED) is 0.925. The highest BCUT2D eigenvalue weighted by Gasteiger charge is 2.19. The third-order valence-corrected chi connectivity index (χ3v) is 5.50. The molecule has 0 spiro atoms. The fourth-order valence-electron chi connectivity index (χ4n) is 2.75. The van der Waals surface area contributed by atoms with Gasteiger partial charge in [0.15, 0.2) is 0 Å². The SMILES string of the molecule is Cc1cccc(NC(=O)c2sc(CN3CCOCC3)nc2C)c1C. The van der Waals surface area contributed by atoms with Gasteiger partial charge in [0, 0.05) is 18.8 Å². The number of thiazole rings is 1. The van der Waals surface area contributed by atoms with Crippen LogP contribution in [0.25, 0.3) is 0 Å². The van der Waals surface area contributed by atoms with Crippen molar-refractivity contribution in [3.63, 3.8) is 0 Å². The van der Waals surface area contributed by atoms with Crippen molar-refractivity contribution in [3.05, 3.63) is 44.9 Å². The third kappa shape index (κ3) is 3.83. The molecular weight excluding hydrogens is 322 g/mol. The minimum absolute atomic E-state index is 0.0769. The second kappa shape index (κ2) is 7.42. The molecule has 2 heterocycles. The number of hydrogen-bond donors (Lipinski definition) is 1. The number of rotatable bonds is 4. The lowest BCUT2D eigenvalue weighted by Gasteiger charge is -2.25. The van der Waals surface area contributed by atoms with E-state index in [4.69, 9.17) is 4.74 Å². The highest BCUT2D eigenvalue weighted by Crippen LogP contribution is 2.23. The predicted octanol–water partition coefficient (Wildman–Crippen LogP) is 3.15. The largest absolute Gasteiger partial charge is 0.379 e. The van der Waals surface area contributed by atoms with Gasteiger partial charge in [0.25, 0.3) is 5.91 Å². The number of morpholine rings is 1. The first-order valence-electron chi connectivity index (χ1n) is 8.18. The summed E-state index contributed by atoms with van der Waals surface area (Å²) in [6, 6.07) is 5.94. The number of carbonyl (C=O) groups excluding carboxylic acids is 1. The molecule has 0 unspecified atom stereocenters. The summed E-state index contributed by atoms with van der Waals surface area (Å²) in [5, 5.41) is 4.01. The molecule has 5 nitrogen and oxygen atoms in total. The molecule has 2 aromatic rings. The molecule has 128 valence electrons. The lowest BCUT2D eigenvalue weighted by atomic mass is 10.1. The molecule has 24 heavy (non-hydrogen) atoms. The van der Waals surface area contributed by atoms with E-state index in [1.54, 1.807) is 0 Å². The Morgan fingerprint density at radius 3 is 2.79 bits per heavy atom. The van der Waals surface area contributed by atoms with Gasteiger partial charge < -0.3 is 10.1 Å². The normalized spacial score (nSPS) is 15.5. The Kier molecular flexibility index (Phi) is 5.28. The summed E-state index contributed by atoms with van der Waals surface area (Å²) in [6.07, 6.45) is 0. The fourth-order valence-corrected chi connectivity index (χ4v) is 3.75. The van der Waals surface area contributed by atoms with Gasteiger partial charge in [-0.2, -0.15) is 0 Å². The van der Waals surface area contributed by atoms with Gasteiger partial charge in [-0.25, -0.2) is 4.98 Å². The highest BCUT2D eigenvalue weighted by molar-refractivity contribution is 7.13. The molecule has 0 radical (unpaired) electrons. The summed E-state index contributed by atoms with van der Waals surface area (Å²) in [4.78, 5) is 20.2. The summed E-state index contributed by atoms with van der Waals surface area (Å²) < 4.78 is 5.37. The zero-order valence-corrected chi connectivity index (χ0v) is 15.2. The molecule has 1 saturated heterocycles. The molecule has 1 N–H and O–H groups in total. The Morgan fingerprint density at radius 2 is 2.04 bits per heavy atom. The van der Waals surface area contributed by atoms with E-state index in [-0.39, 0.29) is 5.91 Å². The van der Waals surface area contributed by atoms with Crippen LogP contribution < -0.4 is 5.32 Å². The molecule has 6 heteroatoms. The number of amides is 1. The smallest absolute Gasteiger partial charge is 0.267 e. The monoisotopic (exact) mass is 345 g/mol. The second-order valence-corrected chi connectivity index (χ2v) is 7.20. The van der Waals surface area contributed by atoms with E-state index in [0.29, 0.717) is 4.88 Å². The van der Waals surface area contributed by atoms with Gasteiger partial charge in [-0.1, -0.05) is 12.1 Å². The highest BCUT2D eigenvalue weighted by atomic mass is 32.1. The number of aryl methyl sites for hydroxylation is 2. The predicted molar refractivity (Wildman–Crippen MR) is 96.8 cm³/mol. The molecule has 1 aliphatic rings. The Balaban J connectivity index is 1.72. The maximum absolute atomic E-state index is 12.6. The zero-order valence-electron chi connectivity index (χ0n) is 14.4. The van der Waals surface area contributed by atoms with E-state index in [2.05, 4.69) is 15.2 Å². The molecule has 1 aromatic heterocycles. The van der Waals surface area contributed by atoms with E-state index in [1.165, 1.54) is 16.9 Å². The lowest BCUT2D eigenvalue weighted by molar-refractivity contribution is 0.0341. The van der Waals surface area contributed by atoms with E-state index in [9.17, 15) is 4.79 Å². The molecule has 3 rings (SSSR count). The standard InChI is InChI=1S/C18H23N3O2S/c1-12-5-4-6-15(13(12)2)20-18(22)17-14(3)19-16(24-17)11-21-7-9-23-10-8-21/h4-6H,7-11H2,1-3H3,(H,20,22). The average molecular weight is 345 g/mol. The first-order chi connectivity index (χ1) is 11.5. The van der Waals surface area contributed by atoms with Crippen molar-refractivity contribution in [2.24, 2.45) is 0 Å². The van der Waals surface area contributed by atoms with Crippen LogP contribution in [0.4, 0.5) is 5.69 Å². The average Bonchev–Trinajstić information content (AvgIpc) is 2.93. The van der Waals surface area contributed by atoms with Crippen LogP contribution in [-0.2, 0) is 11.3 Å². The van der Waals surface area contributed by atoms with Gasteiger partial charge in [0.2, 0.25) is 0 Å². The first-order valence-corrected chi connectivity index (χ1v) is 9.00. The summed E-state index contributed by atoms with van der Waals surface area (Å²) in [7, 11) is 0. The van der Waals surface area contributed by atoms with Crippen LogP contribution in [0, 0.1) is 20.8 Å². The molecular formula is C18H23N3O2S. The van der Waals surface area contributed by atoms with Crippen molar-refractivity contribution in [1.29, 1.82) is 0 Å². The molecule has 1 amide bonds. The molecule has 1 aliphatic heterocycles. The molecule has 0 aliphatic carbocycles. The van der Waals surface area contributed by atoms with Crippen molar-refractivity contribution in [2.75, 3.05) is 31.6 Å². The Labute approximate surface area is 146 Å². The van der Waals surface area contributed by atoms with Gasteiger partial charge in [-0.05, 0) is 38.0 Å².